The third-order valence-electron chi connectivity index (χ3n) is 3.14. The number of aryl methyl sites for hydroxylation is 2. The van der Waals surface area contributed by atoms with Crippen molar-refractivity contribution in [2.45, 2.75) is 25.7 Å². The van der Waals surface area contributed by atoms with Crippen molar-refractivity contribution in [2.24, 2.45) is 0 Å². The third kappa shape index (κ3) is 2.93. The molecule has 2 rings (SSSR count). The quantitative estimate of drug-likeness (QED) is 0.854. The number of anilines is 2. The van der Waals surface area contributed by atoms with Gasteiger partial charge < -0.3 is 5.73 Å². The van der Waals surface area contributed by atoms with E-state index in [9.17, 15) is 8.42 Å². The van der Waals surface area contributed by atoms with E-state index in [0.29, 0.717) is 16.9 Å². The molecule has 0 saturated carbocycles. The van der Waals surface area contributed by atoms with Crippen LogP contribution in [0.5, 0.6) is 0 Å². The van der Waals surface area contributed by atoms with Crippen LogP contribution in [0.25, 0.3) is 0 Å². The molecular formula is C15H18N2O2S. The summed E-state index contributed by atoms with van der Waals surface area (Å²) < 4.78 is 27.5. The fourth-order valence-electron chi connectivity index (χ4n) is 1.96. The molecule has 0 radical (unpaired) electrons. The third-order valence-corrected chi connectivity index (χ3v) is 4.65. The molecule has 0 aliphatic rings. The Bertz CT molecular complexity index is 735. The average molecular weight is 290 g/mol. The van der Waals surface area contributed by atoms with Crippen LogP contribution >= 0.6 is 0 Å². The van der Waals surface area contributed by atoms with Crippen molar-refractivity contribution in [3.63, 3.8) is 0 Å². The number of benzene rings is 2. The summed E-state index contributed by atoms with van der Waals surface area (Å²) in [5, 5.41) is 0. The lowest BCUT2D eigenvalue weighted by Gasteiger charge is -2.13. The SMILES string of the molecule is Cc1ccc(NS(=O)(=O)c2cc(C)cc(N)c2C)cc1. The average Bonchev–Trinajstić information content (AvgIpc) is 2.36. The molecule has 0 fully saturated rings. The highest BCUT2D eigenvalue weighted by Gasteiger charge is 2.18. The van der Waals surface area contributed by atoms with E-state index in [1.165, 1.54) is 0 Å². The normalized spacial score (nSPS) is 11.3. The summed E-state index contributed by atoms with van der Waals surface area (Å²) in [6, 6.07) is 10.6. The van der Waals surface area contributed by atoms with E-state index in [-0.39, 0.29) is 4.90 Å². The van der Waals surface area contributed by atoms with Gasteiger partial charge in [0, 0.05) is 11.4 Å². The van der Waals surface area contributed by atoms with Crippen molar-refractivity contribution in [1.29, 1.82) is 0 Å². The van der Waals surface area contributed by atoms with Crippen LogP contribution in [0.2, 0.25) is 0 Å². The Balaban J connectivity index is 2.43. The summed E-state index contributed by atoms with van der Waals surface area (Å²) in [7, 11) is -3.63. The largest absolute Gasteiger partial charge is 0.398 e. The molecular weight excluding hydrogens is 272 g/mol. The van der Waals surface area contributed by atoms with Gasteiger partial charge in [-0.15, -0.1) is 0 Å². The fourth-order valence-corrected chi connectivity index (χ4v) is 3.38. The molecule has 0 unspecified atom stereocenters. The van der Waals surface area contributed by atoms with Gasteiger partial charge in [0.1, 0.15) is 0 Å². The Morgan fingerprint density at radius 3 is 2.15 bits per heavy atom. The van der Waals surface area contributed by atoms with Crippen LogP contribution in [0.4, 0.5) is 11.4 Å². The molecule has 4 nitrogen and oxygen atoms in total. The van der Waals surface area contributed by atoms with Crippen molar-refractivity contribution in [1.82, 2.24) is 0 Å². The lowest BCUT2D eigenvalue weighted by molar-refractivity contribution is 0.600. The van der Waals surface area contributed by atoms with E-state index in [1.807, 2.05) is 26.0 Å². The fraction of sp³-hybridized carbons (Fsp3) is 0.200. The smallest absolute Gasteiger partial charge is 0.262 e. The van der Waals surface area contributed by atoms with E-state index >= 15 is 0 Å². The highest BCUT2D eigenvalue weighted by molar-refractivity contribution is 7.92. The van der Waals surface area contributed by atoms with E-state index in [4.69, 9.17) is 5.73 Å². The second kappa shape index (κ2) is 5.17. The lowest BCUT2D eigenvalue weighted by Crippen LogP contribution is -2.15. The van der Waals surface area contributed by atoms with Gasteiger partial charge in [0.05, 0.1) is 4.90 Å². The molecule has 0 bridgehead atoms. The molecule has 20 heavy (non-hydrogen) atoms. The van der Waals surface area contributed by atoms with Gasteiger partial charge in [-0.25, -0.2) is 8.42 Å². The van der Waals surface area contributed by atoms with Gasteiger partial charge in [0.15, 0.2) is 0 Å². The van der Waals surface area contributed by atoms with Crippen molar-refractivity contribution >= 4 is 21.4 Å². The van der Waals surface area contributed by atoms with Crippen LogP contribution in [-0.2, 0) is 10.0 Å². The van der Waals surface area contributed by atoms with Crippen LogP contribution in [-0.4, -0.2) is 8.42 Å². The molecule has 0 spiro atoms. The Labute approximate surface area is 119 Å². The number of hydrogen-bond donors (Lipinski definition) is 2. The maximum atomic E-state index is 12.4. The molecule has 0 amide bonds. The summed E-state index contributed by atoms with van der Waals surface area (Å²) in [4.78, 5) is 0.218. The first-order valence-electron chi connectivity index (χ1n) is 6.26. The first-order chi connectivity index (χ1) is 9.29. The topological polar surface area (TPSA) is 72.2 Å². The van der Waals surface area contributed by atoms with Crippen LogP contribution in [0.1, 0.15) is 16.7 Å². The minimum Gasteiger partial charge on any atom is -0.398 e. The molecule has 0 saturated heterocycles. The Hall–Kier alpha value is -2.01. The Morgan fingerprint density at radius 2 is 1.55 bits per heavy atom. The molecule has 2 aromatic carbocycles. The van der Waals surface area contributed by atoms with Crippen molar-refractivity contribution < 1.29 is 8.42 Å². The predicted molar refractivity (Wildman–Crippen MR) is 82.3 cm³/mol. The standard InChI is InChI=1S/C15H18N2O2S/c1-10-4-6-13(7-5-10)17-20(18,19)15-9-11(2)8-14(16)12(15)3/h4-9,17H,16H2,1-3H3. The molecule has 0 heterocycles. The minimum atomic E-state index is -3.63. The van der Waals surface area contributed by atoms with Gasteiger partial charge in [0.2, 0.25) is 0 Å². The molecule has 0 aliphatic carbocycles. The zero-order valence-corrected chi connectivity index (χ0v) is 12.6. The highest BCUT2D eigenvalue weighted by atomic mass is 32.2. The molecule has 2 aromatic rings. The molecule has 106 valence electrons. The van der Waals surface area contributed by atoms with E-state index in [0.717, 1.165) is 11.1 Å². The number of sulfonamides is 1. The van der Waals surface area contributed by atoms with E-state index < -0.39 is 10.0 Å². The summed E-state index contributed by atoms with van der Waals surface area (Å²) in [5.74, 6) is 0. The predicted octanol–water partition coefficient (Wildman–Crippen LogP) is 2.99. The van der Waals surface area contributed by atoms with Crippen molar-refractivity contribution in [3.05, 3.63) is 53.1 Å². The number of hydrogen-bond acceptors (Lipinski definition) is 3. The monoisotopic (exact) mass is 290 g/mol. The van der Waals surface area contributed by atoms with Gasteiger partial charge in [-0.1, -0.05) is 17.7 Å². The number of nitrogen functional groups attached to an aromatic ring is 1. The molecule has 0 atom stereocenters. The zero-order valence-electron chi connectivity index (χ0n) is 11.8. The summed E-state index contributed by atoms with van der Waals surface area (Å²) in [6.45, 7) is 5.48. The van der Waals surface area contributed by atoms with Gasteiger partial charge in [-0.3, -0.25) is 4.72 Å². The second-order valence-electron chi connectivity index (χ2n) is 4.95. The van der Waals surface area contributed by atoms with Crippen molar-refractivity contribution in [2.75, 3.05) is 10.5 Å². The van der Waals surface area contributed by atoms with Crippen LogP contribution in [0.15, 0.2) is 41.3 Å². The van der Waals surface area contributed by atoms with E-state index in [1.54, 1.807) is 31.2 Å². The first kappa shape index (κ1) is 14.4. The number of rotatable bonds is 3. The van der Waals surface area contributed by atoms with Crippen LogP contribution < -0.4 is 10.5 Å². The van der Waals surface area contributed by atoms with Crippen LogP contribution in [0.3, 0.4) is 0 Å². The van der Waals surface area contributed by atoms with Gasteiger partial charge in [-0.2, -0.15) is 0 Å². The van der Waals surface area contributed by atoms with E-state index in [2.05, 4.69) is 4.72 Å². The Kier molecular flexibility index (Phi) is 3.72. The second-order valence-corrected chi connectivity index (χ2v) is 6.60. The molecule has 0 aliphatic heterocycles. The minimum absolute atomic E-state index is 0.218. The first-order valence-corrected chi connectivity index (χ1v) is 7.74. The summed E-state index contributed by atoms with van der Waals surface area (Å²) in [6.07, 6.45) is 0. The summed E-state index contributed by atoms with van der Waals surface area (Å²) in [5.41, 5.74) is 9.31. The summed E-state index contributed by atoms with van der Waals surface area (Å²) >= 11 is 0. The van der Waals surface area contributed by atoms with Crippen molar-refractivity contribution in [3.8, 4) is 0 Å². The molecule has 0 aromatic heterocycles. The maximum Gasteiger partial charge on any atom is 0.262 e. The van der Waals surface area contributed by atoms with Crippen LogP contribution in [0, 0.1) is 20.8 Å². The Morgan fingerprint density at radius 1 is 0.950 bits per heavy atom. The number of nitrogens with two attached hydrogens (primary N) is 1. The van der Waals surface area contributed by atoms with Gasteiger partial charge in [-0.05, 0) is 56.2 Å². The van der Waals surface area contributed by atoms with Gasteiger partial charge in [0.25, 0.3) is 10.0 Å². The molecule has 3 N–H and O–H groups in total. The molecule has 5 heteroatoms. The van der Waals surface area contributed by atoms with Gasteiger partial charge >= 0.3 is 0 Å². The zero-order chi connectivity index (χ0) is 14.9. The highest BCUT2D eigenvalue weighted by Crippen LogP contribution is 2.25. The number of nitrogens with one attached hydrogen (secondary N) is 1. The lowest BCUT2D eigenvalue weighted by atomic mass is 10.1. The maximum absolute atomic E-state index is 12.4.